The molecule has 1 atom stereocenters. The Morgan fingerprint density at radius 2 is 1.14 bits per heavy atom. The van der Waals surface area contributed by atoms with Crippen LogP contribution in [0, 0.1) is 0 Å². The zero-order valence-electron chi connectivity index (χ0n) is 18.9. The maximum absolute atomic E-state index is 14.3. The van der Waals surface area contributed by atoms with Crippen LogP contribution in [0.2, 0.25) is 0 Å². The fourth-order valence-electron chi connectivity index (χ4n) is 2.77. The highest BCUT2D eigenvalue weighted by Gasteiger charge is 2.50. The third-order valence-electron chi connectivity index (χ3n) is 3.44. The molecule has 9 heteroatoms. The molecule has 168 valence electrons. The molecule has 1 unspecified atom stereocenters. The molecule has 0 heterocycles. The fraction of sp³-hybridized carbons (Fsp3) is 0.700. The van der Waals surface area contributed by atoms with Gasteiger partial charge in [0.05, 0.1) is 24.4 Å². The number of hydrogen-bond acceptors (Lipinski definition) is 7. The predicted octanol–water partition coefficient (Wildman–Crippen LogP) is 7.61. The van der Waals surface area contributed by atoms with Crippen LogP contribution in [0.25, 0.3) is 0 Å². The van der Waals surface area contributed by atoms with Crippen LogP contribution in [0.4, 0.5) is 0 Å². The summed E-state index contributed by atoms with van der Waals surface area (Å²) in [5.74, 6) is 0. The molecule has 1 aromatic rings. The lowest BCUT2D eigenvalue weighted by molar-refractivity contribution is 0.134. The van der Waals surface area contributed by atoms with Crippen LogP contribution < -0.4 is 0 Å². The van der Waals surface area contributed by atoms with Gasteiger partial charge in [-0.15, -0.1) is 11.8 Å². The van der Waals surface area contributed by atoms with Gasteiger partial charge in [0.1, 0.15) is 0 Å². The van der Waals surface area contributed by atoms with Gasteiger partial charge >= 0.3 is 7.60 Å². The Kier molecular flexibility index (Phi) is 11.1. The molecule has 0 radical (unpaired) electrons. The summed E-state index contributed by atoms with van der Waals surface area (Å²) in [4.78, 5) is 1.10. The van der Waals surface area contributed by atoms with Crippen molar-refractivity contribution in [2.24, 2.45) is 0 Å². The van der Waals surface area contributed by atoms with Gasteiger partial charge in [-0.25, -0.2) is 0 Å². The normalized spacial score (nSPS) is 14.4. The van der Waals surface area contributed by atoms with E-state index in [1.165, 1.54) is 0 Å². The highest BCUT2D eigenvalue weighted by Crippen LogP contribution is 2.80. The molecule has 0 amide bonds. The van der Waals surface area contributed by atoms with Crippen molar-refractivity contribution < 1.29 is 22.7 Å². The zero-order valence-corrected chi connectivity index (χ0v) is 22.4. The Labute approximate surface area is 186 Å². The first-order chi connectivity index (χ1) is 13.3. The van der Waals surface area contributed by atoms with E-state index >= 15 is 0 Å². The van der Waals surface area contributed by atoms with Gasteiger partial charge < -0.3 is 18.1 Å². The molecule has 0 saturated heterocycles. The van der Waals surface area contributed by atoms with E-state index in [0.717, 1.165) is 10.5 Å². The Balaban J connectivity index is 3.72. The van der Waals surface area contributed by atoms with E-state index in [2.05, 4.69) is 0 Å². The van der Waals surface area contributed by atoms with Gasteiger partial charge in [0, 0.05) is 4.90 Å². The second-order valence-electron chi connectivity index (χ2n) is 7.84. The standard InChI is InChI=1S/C20H36O5P2S2/c1-14(2)22-26(21,23-15(3)4)20(18-10-12-19(29-9)13-11-18)27(28,24-16(5)6)25-17(7)8/h10-17,20H,1-9H3. The summed E-state index contributed by atoms with van der Waals surface area (Å²) in [6, 6.07) is 7.80. The summed E-state index contributed by atoms with van der Waals surface area (Å²) in [7, 11) is -3.73. The first-order valence-electron chi connectivity index (χ1n) is 9.90. The molecule has 1 rings (SSSR count). The molecule has 1 aromatic carbocycles. The van der Waals surface area contributed by atoms with Crippen molar-refractivity contribution in [2.75, 3.05) is 6.26 Å². The topological polar surface area (TPSA) is 54.0 Å². The maximum atomic E-state index is 14.3. The molecule has 0 bridgehead atoms. The SMILES string of the molecule is CSc1ccc(C(P(=O)(OC(C)C)OC(C)C)P(=S)(OC(C)C)OC(C)C)cc1. The van der Waals surface area contributed by atoms with E-state index in [-0.39, 0.29) is 24.4 Å². The Morgan fingerprint density at radius 3 is 1.45 bits per heavy atom. The van der Waals surface area contributed by atoms with Gasteiger partial charge in [-0.2, -0.15) is 0 Å². The lowest BCUT2D eigenvalue weighted by Gasteiger charge is -2.38. The second-order valence-corrected chi connectivity index (χ2v) is 14.7. The molecule has 0 saturated carbocycles. The third kappa shape index (κ3) is 8.38. The molecule has 0 spiro atoms. The van der Waals surface area contributed by atoms with Crippen molar-refractivity contribution in [1.29, 1.82) is 0 Å². The first-order valence-corrected chi connectivity index (χ1v) is 15.4. The van der Waals surface area contributed by atoms with Crippen LogP contribution in [-0.4, -0.2) is 30.7 Å². The molecule has 5 nitrogen and oxygen atoms in total. The van der Waals surface area contributed by atoms with Gasteiger partial charge in [-0.1, -0.05) is 12.1 Å². The molecule has 0 aliphatic carbocycles. The highest BCUT2D eigenvalue weighted by molar-refractivity contribution is 8.12. The molecule has 0 aliphatic rings. The minimum atomic E-state index is -3.73. The maximum Gasteiger partial charge on any atom is 0.348 e. The van der Waals surface area contributed by atoms with E-state index in [0.29, 0.717) is 0 Å². The largest absolute Gasteiger partial charge is 0.348 e. The summed E-state index contributed by atoms with van der Waals surface area (Å²) >= 11 is 7.64. The second kappa shape index (κ2) is 11.8. The Bertz CT molecular complexity index is 654. The van der Waals surface area contributed by atoms with E-state index in [1.807, 2.05) is 85.9 Å². The summed E-state index contributed by atoms with van der Waals surface area (Å²) in [5, 5.41) is -0.824. The van der Waals surface area contributed by atoms with Crippen molar-refractivity contribution in [1.82, 2.24) is 0 Å². The van der Waals surface area contributed by atoms with E-state index in [4.69, 9.17) is 29.9 Å². The quantitative estimate of drug-likeness (QED) is 0.224. The van der Waals surface area contributed by atoms with Gasteiger partial charge in [-0.05, 0) is 91.1 Å². The van der Waals surface area contributed by atoms with Gasteiger partial charge in [0.15, 0.2) is 5.40 Å². The molecule has 0 aliphatic heterocycles. The monoisotopic (exact) mass is 482 g/mol. The molecule has 29 heavy (non-hydrogen) atoms. The van der Waals surface area contributed by atoms with Gasteiger partial charge in [-0.3, -0.25) is 4.57 Å². The average molecular weight is 483 g/mol. The summed E-state index contributed by atoms with van der Waals surface area (Å²) < 4.78 is 38.6. The van der Waals surface area contributed by atoms with Crippen molar-refractivity contribution in [3.8, 4) is 0 Å². The Morgan fingerprint density at radius 1 is 0.759 bits per heavy atom. The lowest BCUT2D eigenvalue weighted by atomic mass is 10.2. The van der Waals surface area contributed by atoms with Crippen LogP contribution in [0.5, 0.6) is 0 Å². The van der Waals surface area contributed by atoms with Crippen LogP contribution >= 0.6 is 25.8 Å². The van der Waals surface area contributed by atoms with Crippen LogP contribution in [0.15, 0.2) is 29.2 Å². The highest BCUT2D eigenvalue weighted by atomic mass is 32.5. The summed E-state index contributed by atoms with van der Waals surface area (Å²) in [5.41, 5.74) is 0.747. The van der Waals surface area contributed by atoms with Crippen molar-refractivity contribution in [2.45, 2.75) is 90.1 Å². The van der Waals surface area contributed by atoms with Crippen LogP contribution in [0.3, 0.4) is 0 Å². The minimum absolute atomic E-state index is 0.195. The summed E-state index contributed by atoms with van der Waals surface area (Å²) in [6.45, 7) is 11.8. The van der Waals surface area contributed by atoms with E-state index < -0.39 is 19.5 Å². The third-order valence-corrected chi connectivity index (χ3v) is 12.2. The van der Waals surface area contributed by atoms with E-state index in [9.17, 15) is 4.57 Å². The number of rotatable bonds is 12. The van der Waals surface area contributed by atoms with Crippen molar-refractivity contribution >= 4 is 37.7 Å². The minimum Gasteiger partial charge on any atom is -0.326 e. The van der Waals surface area contributed by atoms with Crippen molar-refractivity contribution in [3.63, 3.8) is 0 Å². The van der Waals surface area contributed by atoms with Gasteiger partial charge in [0.2, 0.25) is 6.49 Å². The van der Waals surface area contributed by atoms with E-state index in [1.54, 1.807) is 11.8 Å². The molecule has 0 fully saturated rings. The Hall–Kier alpha value is 0.290. The summed E-state index contributed by atoms with van der Waals surface area (Å²) in [6.07, 6.45) is 0.997. The van der Waals surface area contributed by atoms with Crippen LogP contribution in [0.1, 0.15) is 66.4 Å². The average Bonchev–Trinajstić information content (AvgIpc) is 2.51. The van der Waals surface area contributed by atoms with Gasteiger partial charge in [0.25, 0.3) is 0 Å². The lowest BCUT2D eigenvalue weighted by Crippen LogP contribution is -2.18. The molecule has 0 aromatic heterocycles. The zero-order chi connectivity index (χ0) is 22.4. The van der Waals surface area contributed by atoms with Crippen molar-refractivity contribution in [3.05, 3.63) is 29.8 Å². The number of hydrogen-bond donors (Lipinski definition) is 0. The first kappa shape index (κ1) is 27.3. The number of thioether (sulfide) groups is 1. The van der Waals surface area contributed by atoms with Crippen LogP contribution in [-0.2, 0) is 34.5 Å². The predicted molar refractivity (Wildman–Crippen MR) is 128 cm³/mol. The number of benzene rings is 1. The smallest absolute Gasteiger partial charge is 0.326 e. The fourth-order valence-corrected chi connectivity index (χ4v) is 11.6. The molecular weight excluding hydrogens is 446 g/mol. The molecular formula is C20H36O5P2S2. The molecule has 0 N–H and O–H groups in total.